The van der Waals surface area contributed by atoms with Gasteiger partial charge in [-0.25, -0.2) is 0 Å². The summed E-state index contributed by atoms with van der Waals surface area (Å²) in [6.07, 6.45) is 2.20. The van der Waals surface area contributed by atoms with E-state index in [1.165, 1.54) is 0 Å². The van der Waals surface area contributed by atoms with Gasteiger partial charge in [-0.15, -0.1) is 0 Å². The van der Waals surface area contributed by atoms with Gasteiger partial charge in [0.05, 0.1) is 6.67 Å². The summed E-state index contributed by atoms with van der Waals surface area (Å²) in [5, 5.41) is 0. The molecule has 0 spiro atoms. The predicted octanol–water partition coefficient (Wildman–Crippen LogP) is 2.78. The Morgan fingerprint density at radius 1 is 1.38 bits per heavy atom. The summed E-state index contributed by atoms with van der Waals surface area (Å²) >= 11 is 0. The summed E-state index contributed by atoms with van der Waals surface area (Å²) in [6.45, 7) is 5.86. The highest BCUT2D eigenvalue weighted by Gasteiger charge is 2.36. The minimum Gasteiger partial charge on any atom is -0.251 e. The Hall–Kier alpha value is -0.0700. The fraction of sp³-hybridized carbons (Fsp3) is 1.00. The van der Waals surface area contributed by atoms with Gasteiger partial charge in [-0.2, -0.15) is 0 Å². The van der Waals surface area contributed by atoms with Crippen molar-refractivity contribution in [2.75, 3.05) is 6.67 Å². The van der Waals surface area contributed by atoms with E-state index in [4.69, 9.17) is 0 Å². The van der Waals surface area contributed by atoms with Crippen LogP contribution in [0.1, 0.15) is 33.6 Å². The second kappa shape index (κ2) is 3.06. The van der Waals surface area contributed by atoms with Gasteiger partial charge in [0.1, 0.15) is 0 Å². The van der Waals surface area contributed by atoms with Crippen LogP contribution >= 0.6 is 0 Å². The van der Waals surface area contributed by atoms with Crippen molar-refractivity contribution in [2.24, 2.45) is 5.41 Å². The highest BCUT2D eigenvalue weighted by molar-refractivity contribution is 4.87. The van der Waals surface area contributed by atoms with E-state index in [2.05, 4.69) is 0 Å². The monoisotopic (exact) mass is 118 g/mol. The van der Waals surface area contributed by atoms with Crippen LogP contribution in [0.2, 0.25) is 0 Å². The van der Waals surface area contributed by atoms with E-state index < -0.39 is 0 Å². The van der Waals surface area contributed by atoms with E-state index in [0.29, 0.717) is 0 Å². The molecule has 0 radical (unpaired) electrons. The number of halogens is 1. The maximum atomic E-state index is 11.6. The first-order valence-corrected chi connectivity index (χ1v) is 3.33. The largest absolute Gasteiger partial charge is 0.251 e. The SMILES string of the molecule is CC.CC1(CF)CC1. The molecule has 0 bridgehead atoms. The smallest absolute Gasteiger partial charge is 0.0947 e. The normalized spacial score (nSPS) is 21.0. The lowest BCUT2D eigenvalue weighted by Gasteiger charge is -1.93. The van der Waals surface area contributed by atoms with Crippen molar-refractivity contribution in [1.29, 1.82) is 0 Å². The van der Waals surface area contributed by atoms with Crippen LogP contribution < -0.4 is 0 Å². The molecule has 8 heavy (non-hydrogen) atoms. The molecule has 0 aromatic rings. The maximum absolute atomic E-state index is 11.6. The quantitative estimate of drug-likeness (QED) is 0.496. The number of alkyl halides is 1. The van der Waals surface area contributed by atoms with Gasteiger partial charge in [-0.1, -0.05) is 20.8 Å². The summed E-state index contributed by atoms with van der Waals surface area (Å²) < 4.78 is 11.6. The van der Waals surface area contributed by atoms with E-state index >= 15 is 0 Å². The van der Waals surface area contributed by atoms with Gasteiger partial charge < -0.3 is 0 Å². The molecule has 50 valence electrons. The lowest BCUT2D eigenvalue weighted by Crippen LogP contribution is -1.92. The predicted molar refractivity (Wildman–Crippen MR) is 34.7 cm³/mol. The van der Waals surface area contributed by atoms with Crippen LogP contribution in [-0.2, 0) is 0 Å². The molecule has 0 heterocycles. The van der Waals surface area contributed by atoms with E-state index in [-0.39, 0.29) is 12.1 Å². The summed E-state index contributed by atoms with van der Waals surface area (Å²) in [4.78, 5) is 0. The van der Waals surface area contributed by atoms with Crippen molar-refractivity contribution in [3.8, 4) is 0 Å². The fourth-order valence-electron chi connectivity index (χ4n) is 0.347. The van der Waals surface area contributed by atoms with Gasteiger partial charge in [-0.05, 0) is 18.3 Å². The van der Waals surface area contributed by atoms with Gasteiger partial charge in [-0.3, -0.25) is 4.39 Å². The lowest BCUT2D eigenvalue weighted by molar-refractivity contribution is 0.366. The topological polar surface area (TPSA) is 0 Å². The van der Waals surface area contributed by atoms with Crippen LogP contribution in [-0.4, -0.2) is 6.67 Å². The number of hydrogen-bond donors (Lipinski definition) is 0. The van der Waals surface area contributed by atoms with Crippen molar-refractivity contribution in [3.63, 3.8) is 0 Å². The molecule has 0 nitrogen and oxygen atoms in total. The minimum absolute atomic E-state index is 0.118. The minimum atomic E-state index is -0.118. The molecular weight excluding hydrogens is 103 g/mol. The van der Waals surface area contributed by atoms with Crippen LogP contribution in [0.3, 0.4) is 0 Å². The Morgan fingerprint density at radius 3 is 1.75 bits per heavy atom. The second-order valence-electron chi connectivity index (χ2n) is 2.44. The molecular formula is C7H15F. The Kier molecular flexibility index (Phi) is 3.03. The Bertz CT molecular complexity index is 55.4. The third-order valence-electron chi connectivity index (χ3n) is 1.43. The Morgan fingerprint density at radius 2 is 1.75 bits per heavy atom. The van der Waals surface area contributed by atoms with Gasteiger partial charge in [0.25, 0.3) is 0 Å². The molecule has 0 aromatic carbocycles. The summed E-state index contributed by atoms with van der Waals surface area (Å²) in [7, 11) is 0. The molecule has 0 aromatic heterocycles. The zero-order valence-corrected chi connectivity index (χ0v) is 6.00. The average Bonchev–Trinajstić information content (AvgIpc) is 2.55. The van der Waals surface area contributed by atoms with Gasteiger partial charge in [0.15, 0.2) is 0 Å². The third-order valence-corrected chi connectivity index (χ3v) is 1.43. The van der Waals surface area contributed by atoms with Crippen molar-refractivity contribution in [1.82, 2.24) is 0 Å². The molecule has 1 aliphatic rings. The highest BCUT2D eigenvalue weighted by Crippen LogP contribution is 2.44. The van der Waals surface area contributed by atoms with E-state index in [1.807, 2.05) is 20.8 Å². The molecule has 0 aliphatic heterocycles. The van der Waals surface area contributed by atoms with Crippen LogP contribution in [0.4, 0.5) is 4.39 Å². The van der Waals surface area contributed by atoms with E-state index in [9.17, 15) is 4.39 Å². The standard InChI is InChI=1S/C5H9F.C2H6/c1-5(4-6)2-3-5;1-2/h2-4H2,1H3;1-2H3. The Labute approximate surface area is 51.1 Å². The Balaban J connectivity index is 0.000000222. The molecule has 1 rings (SSSR count). The van der Waals surface area contributed by atoms with Crippen LogP contribution in [0.25, 0.3) is 0 Å². The molecule has 0 saturated heterocycles. The molecule has 0 atom stereocenters. The van der Waals surface area contributed by atoms with Crippen molar-refractivity contribution in [3.05, 3.63) is 0 Å². The molecule has 1 fully saturated rings. The lowest BCUT2D eigenvalue weighted by atomic mass is 10.2. The summed E-state index contributed by atoms with van der Waals surface area (Å²) in [5.74, 6) is 0. The zero-order valence-electron chi connectivity index (χ0n) is 6.00. The highest BCUT2D eigenvalue weighted by atomic mass is 19.1. The van der Waals surface area contributed by atoms with E-state index in [0.717, 1.165) is 12.8 Å². The summed E-state index contributed by atoms with van der Waals surface area (Å²) in [6, 6.07) is 0. The maximum Gasteiger partial charge on any atom is 0.0947 e. The number of rotatable bonds is 1. The molecule has 0 amide bonds. The first-order chi connectivity index (χ1) is 3.77. The zero-order chi connectivity index (χ0) is 6.62. The molecule has 1 saturated carbocycles. The molecule has 0 N–H and O–H groups in total. The van der Waals surface area contributed by atoms with Crippen molar-refractivity contribution >= 4 is 0 Å². The molecule has 1 heteroatoms. The summed E-state index contributed by atoms with van der Waals surface area (Å²) in [5.41, 5.74) is 0.125. The van der Waals surface area contributed by atoms with Crippen molar-refractivity contribution in [2.45, 2.75) is 33.6 Å². The molecule has 0 unspecified atom stereocenters. The number of hydrogen-bond acceptors (Lipinski definition) is 0. The molecule has 1 aliphatic carbocycles. The average molecular weight is 118 g/mol. The van der Waals surface area contributed by atoms with Gasteiger partial charge >= 0.3 is 0 Å². The first kappa shape index (κ1) is 7.93. The van der Waals surface area contributed by atoms with Crippen LogP contribution in [0.5, 0.6) is 0 Å². The first-order valence-electron chi connectivity index (χ1n) is 3.33. The van der Waals surface area contributed by atoms with E-state index in [1.54, 1.807) is 0 Å². The van der Waals surface area contributed by atoms with Crippen molar-refractivity contribution < 1.29 is 4.39 Å². The fourth-order valence-corrected chi connectivity index (χ4v) is 0.347. The second-order valence-corrected chi connectivity index (χ2v) is 2.44. The van der Waals surface area contributed by atoms with Crippen LogP contribution in [0.15, 0.2) is 0 Å². The van der Waals surface area contributed by atoms with Gasteiger partial charge in [0.2, 0.25) is 0 Å². The van der Waals surface area contributed by atoms with Crippen LogP contribution in [0, 0.1) is 5.41 Å². The third kappa shape index (κ3) is 2.29. The van der Waals surface area contributed by atoms with Gasteiger partial charge in [0, 0.05) is 0 Å².